The van der Waals surface area contributed by atoms with Crippen molar-refractivity contribution in [2.24, 2.45) is 0 Å². The molecule has 0 bridgehead atoms. The number of urea groups is 1. The first kappa shape index (κ1) is 11.6. The molecule has 0 aliphatic carbocycles. The van der Waals surface area contributed by atoms with Gasteiger partial charge in [-0.3, -0.25) is 14.5 Å². The van der Waals surface area contributed by atoms with Gasteiger partial charge in [0.15, 0.2) is 0 Å². The number of rotatable bonds is 3. The number of nitrogens with zero attached hydrogens (tertiary/aromatic N) is 1. The van der Waals surface area contributed by atoms with Gasteiger partial charge in [-0.2, -0.15) is 11.3 Å². The molecule has 0 spiro atoms. The average molecular weight is 254 g/mol. The zero-order valence-corrected chi connectivity index (χ0v) is 9.78. The minimum atomic E-state index is -1.22. The van der Waals surface area contributed by atoms with Crippen LogP contribution < -0.4 is 5.32 Å². The van der Waals surface area contributed by atoms with Crippen LogP contribution in [-0.4, -0.2) is 34.5 Å². The second-order valence-corrected chi connectivity index (χ2v) is 4.63. The molecule has 1 aliphatic heterocycles. The Balaban J connectivity index is 2.32. The number of carbonyl (C=O) groups is 3. The van der Waals surface area contributed by atoms with Gasteiger partial charge in [-0.15, -0.1) is 0 Å². The maximum absolute atomic E-state index is 12.1. The van der Waals surface area contributed by atoms with E-state index in [0.717, 1.165) is 0 Å². The van der Waals surface area contributed by atoms with Crippen molar-refractivity contribution in [2.75, 3.05) is 6.54 Å². The van der Waals surface area contributed by atoms with E-state index in [4.69, 9.17) is 5.11 Å². The van der Waals surface area contributed by atoms with Gasteiger partial charge in [0.05, 0.1) is 0 Å². The molecule has 90 valence electrons. The summed E-state index contributed by atoms with van der Waals surface area (Å²) in [5.74, 6) is -1.76. The Morgan fingerprint density at radius 2 is 2.29 bits per heavy atom. The third kappa shape index (κ3) is 1.78. The normalized spacial score (nSPS) is 23.9. The number of carboxylic acid groups (broad SMARTS) is 1. The van der Waals surface area contributed by atoms with Crippen LogP contribution in [-0.2, 0) is 15.1 Å². The zero-order chi connectivity index (χ0) is 12.6. The summed E-state index contributed by atoms with van der Waals surface area (Å²) in [6.45, 7) is 0.946. The Labute approximate surface area is 101 Å². The summed E-state index contributed by atoms with van der Waals surface area (Å²) in [6.07, 6.45) is 0. The molecule has 7 heteroatoms. The number of aliphatic carboxylic acids is 1. The predicted octanol–water partition coefficient (Wildman–Crippen LogP) is 0.600. The van der Waals surface area contributed by atoms with Gasteiger partial charge in [-0.05, 0) is 29.3 Å². The SMILES string of the molecule is CC1(c2ccsc2)NC(=O)N(CC(=O)O)C1=O. The van der Waals surface area contributed by atoms with E-state index in [2.05, 4.69) is 5.32 Å². The number of hydrogen-bond donors (Lipinski definition) is 2. The highest BCUT2D eigenvalue weighted by molar-refractivity contribution is 7.08. The number of amides is 3. The molecule has 1 aliphatic rings. The number of carbonyl (C=O) groups excluding carboxylic acids is 2. The highest BCUT2D eigenvalue weighted by Gasteiger charge is 2.49. The number of imide groups is 1. The van der Waals surface area contributed by atoms with Crippen molar-refractivity contribution in [3.05, 3.63) is 22.4 Å². The van der Waals surface area contributed by atoms with Gasteiger partial charge in [0, 0.05) is 0 Å². The number of nitrogens with one attached hydrogen (secondary N) is 1. The van der Waals surface area contributed by atoms with Crippen LogP contribution in [0.5, 0.6) is 0 Å². The van der Waals surface area contributed by atoms with Crippen molar-refractivity contribution in [1.82, 2.24) is 10.2 Å². The summed E-state index contributed by atoms with van der Waals surface area (Å²) >= 11 is 1.41. The molecule has 0 aromatic carbocycles. The van der Waals surface area contributed by atoms with Crippen molar-refractivity contribution in [3.63, 3.8) is 0 Å². The van der Waals surface area contributed by atoms with Gasteiger partial charge in [0.25, 0.3) is 5.91 Å². The predicted molar refractivity (Wildman–Crippen MR) is 59.6 cm³/mol. The molecule has 17 heavy (non-hydrogen) atoms. The highest BCUT2D eigenvalue weighted by atomic mass is 32.1. The van der Waals surface area contributed by atoms with Gasteiger partial charge in [-0.25, -0.2) is 4.79 Å². The Hall–Kier alpha value is -1.89. The van der Waals surface area contributed by atoms with Crippen molar-refractivity contribution >= 4 is 29.2 Å². The summed E-state index contributed by atoms with van der Waals surface area (Å²) in [5.41, 5.74) is -0.499. The minimum absolute atomic E-state index is 0.539. The first-order chi connectivity index (χ1) is 7.95. The van der Waals surface area contributed by atoms with Gasteiger partial charge in [0.2, 0.25) is 0 Å². The van der Waals surface area contributed by atoms with Gasteiger partial charge in [-0.1, -0.05) is 0 Å². The Kier molecular flexibility index (Phi) is 2.62. The molecular weight excluding hydrogens is 244 g/mol. The van der Waals surface area contributed by atoms with E-state index in [0.29, 0.717) is 10.5 Å². The van der Waals surface area contributed by atoms with E-state index in [1.54, 1.807) is 23.8 Å². The average Bonchev–Trinajstić information content (AvgIpc) is 2.83. The van der Waals surface area contributed by atoms with Crippen molar-refractivity contribution in [1.29, 1.82) is 0 Å². The molecule has 1 atom stereocenters. The van der Waals surface area contributed by atoms with Crippen LogP contribution in [0.1, 0.15) is 12.5 Å². The minimum Gasteiger partial charge on any atom is -0.480 e. The third-order valence-electron chi connectivity index (χ3n) is 2.67. The lowest BCUT2D eigenvalue weighted by molar-refractivity contribution is -0.142. The summed E-state index contributed by atoms with van der Waals surface area (Å²) in [6, 6.07) is 1.05. The van der Waals surface area contributed by atoms with E-state index in [1.165, 1.54) is 11.3 Å². The fraction of sp³-hybridized carbons (Fsp3) is 0.300. The molecule has 1 saturated heterocycles. The molecule has 2 heterocycles. The molecule has 1 aromatic rings. The lowest BCUT2D eigenvalue weighted by Gasteiger charge is -2.20. The van der Waals surface area contributed by atoms with E-state index in [-0.39, 0.29) is 0 Å². The number of hydrogen-bond acceptors (Lipinski definition) is 4. The van der Waals surface area contributed by atoms with Crippen LogP contribution in [0.4, 0.5) is 4.79 Å². The van der Waals surface area contributed by atoms with Crippen LogP contribution in [0.3, 0.4) is 0 Å². The zero-order valence-electron chi connectivity index (χ0n) is 8.97. The lowest BCUT2D eigenvalue weighted by atomic mass is 9.95. The Morgan fingerprint density at radius 1 is 1.59 bits per heavy atom. The molecule has 1 aromatic heterocycles. The van der Waals surface area contributed by atoms with Crippen LogP contribution in [0, 0.1) is 0 Å². The van der Waals surface area contributed by atoms with Crippen molar-refractivity contribution in [2.45, 2.75) is 12.5 Å². The largest absolute Gasteiger partial charge is 0.480 e. The molecule has 0 radical (unpaired) electrons. The Bertz CT molecular complexity index is 485. The molecule has 2 N–H and O–H groups in total. The molecule has 1 fully saturated rings. The Morgan fingerprint density at radius 3 is 2.82 bits per heavy atom. The van der Waals surface area contributed by atoms with Gasteiger partial charge in [0.1, 0.15) is 12.1 Å². The number of carboxylic acids is 1. The van der Waals surface area contributed by atoms with Crippen LogP contribution >= 0.6 is 11.3 Å². The summed E-state index contributed by atoms with van der Waals surface area (Å²) in [5, 5.41) is 14.7. The monoisotopic (exact) mass is 254 g/mol. The second kappa shape index (κ2) is 3.85. The summed E-state index contributed by atoms with van der Waals surface area (Å²) in [7, 11) is 0. The van der Waals surface area contributed by atoms with Crippen LogP contribution in [0.2, 0.25) is 0 Å². The first-order valence-corrected chi connectivity index (χ1v) is 5.78. The van der Waals surface area contributed by atoms with Crippen LogP contribution in [0.25, 0.3) is 0 Å². The van der Waals surface area contributed by atoms with E-state index < -0.39 is 30.0 Å². The molecule has 6 nitrogen and oxygen atoms in total. The molecule has 3 amide bonds. The standard InChI is InChI=1S/C10H10N2O4S/c1-10(6-2-3-17-5-6)8(15)12(4-7(13)14)9(16)11-10/h2-3,5H,4H2,1H3,(H,11,16)(H,13,14). The number of thiophene rings is 1. The molecule has 1 unspecified atom stereocenters. The maximum Gasteiger partial charge on any atom is 0.325 e. The van der Waals surface area contributed by atoms with E-state index in [1.807, 2.05) is 0 Å². The summed E-state index contributed by atoms with van der Waals surface area (Å²) in [4.78, 5) is 34.9. The van der Waals surface area contributed by atoms with E-state index >= 15 is 0 Å². The fourth-order valence-corrected chi connectivity index (χ4v) is 2.49. The summed E-state index contributed by atoms with van der Waals surface area (Å²) < 4.78 is 0. The second-order valence-electron chi connectivity index (χ2n) is 3.85. The van der Waals surface area contributed by atoms with Gasteiger partial charge < -0.3 is 10.4 Å². The smallest absolute Gasteiger partial charge is 0.325 e. The molecule has 2 rings (SSSR count). The van der Waals surface area contributed by atoms with Crippen molar-refractivity contribution < 1.29 is 19.5 Å². The van der Waals surface area contributed by atoms with Crippen molar-refractivity contribution in [3.8, 4) is 0 Å². The molecule has 0 saturated carbocycles. The van der Waals surface area contributed by atoms with E-state index in [9.17, 15) is 14.4 Å². The van der Waals surface area contributed by atoms with Gasteiger partial charge >= 0.3 is 12.0 Å². The third-order valence-corrected chi connectivity index (χ3v) is 3.35. The quantitative estimate of drug-likeness (QED) is 0.773. The molecular formula is C10H10N2O4S. The first-order valence-electron chi connectivity index (χ1n) is 4.84. The van der Waals surface area contributed by atoms with Crippen LogP contribution in [0.15, 0.2) is 16.8 Å². The lowest BCUT2D eigenvalue weighted by Crippen LogP contribution is -2.41. The maximum atomic E-state index is 12.1. The highest BCUT2D eigenvalue weighted by Crippen LogP contribution is 2.29. The fourth-order valence-electron chi connectivity index (χ4n) is 1.72. The topological polar surface area (TPSA) is 86.7 Å².